The molecule has 9 heteroatoms. The number of hydrogen-bond donors (Lipinski definition) is 0. The highest BCUT2D eigenvalue weighted by molar-refractivity contribution is 6.62. The van der Waals surface area contributed by atoms with E-state index >= 15 is 0 Å². The Morgan fingerprint density at radius 1 is 0.491 bits per heavy atom. The van der Waals surface area contributed by atoms with Gasteiger partial charge in [-0.05, 0) is 90.2 Å². The molecule has 0 spiro atoms. The van der Waals surface area contributed by atoms with Gasteiger partial charge in [0.1, 0.15) is 60.7 Å². The molecular weight excluding hydrogens is 656 g/mol. The Morgan fingerprint density at radius 3 is 1.84 bits per heavy atom. The van der Waals surface area contributed by atoms with Crippen molar-refractivity contribution in [3.05, 3.63) is 177 Å². The number of nitrogens with zero attached hydrogens (tertiary/aromatic N) is 2. The topological polar surface area (TPSA) is 17.8 Å². The number of imidazole rings is 1. The van der Waals surface area contributed by atoms with Gasteiger partial charge in [0.25, 0.3) is 0 Å². The molecule has 1 heterocycles. The molecule has 55 heavy (non-hydrogen) atoms. The highest BCUT2D eigenvalue weighted by atomic mass is 15.1. The Hall–Kier alpha value is -5.80. The van der Waals surface area contributed by atoms with Crippen molar-refractivity contribution in [1.29, 1.82) is 0 Å². The van der Waals surface area contributed by atoms with E-state index in [0.29, 0.717) is 0 Å². The number of benzene rings is 7. The third-order valence-electron chi connectivity index (χ3n) is 13.1. The minimum Gasteiger partial charge on any atom is -0.292 e. The zero-order chi connectivity index (χ0) is 37.7. The van der Waals surface area contributed by atoms with E-state index in [0.717, 1.165) is 28.1 Å². The molecule has 0 saturated carbocycles. The Kier molecular flexibility index (Phi) is 7.75. The van der Waals surface area contributed by atoms with Crippen molar-refractivity contribution in [2.75, 3.05) is 0 Å². The van der Waals surface area contributed by atoms with Gasteiger partial charge in [0.15, 0.2) is 0 Å². The van der Waals surface area contributed by atoms with Gasteiger partial charge in [-0.2, -0.15) is 0 Å². The van der Waals surface area contributed by atoms with Gasteiger partial charge in [-0.25, -0.2) is 4.98 Å². The number of fused-ring (bicyclic) bond motifs is 6. The number of para-hydroxylation sites is 3. The first-order chi connectivity index (χ1) is 26.7. The maximum Gasteiger partial charge on any atom is 0.145 e. The van der Waals surface area contributed by atoms with Gasteiger partial charge in [-0.15, -0.1) is 21.9 Å². The lowest BCUT2D eigenvalue weighted by Crippen LogP contribution is -2.66. The van der Waals surface area contributed by atoms with Gasteiger partial charge in [-0.3, -0.25) is 4.57 Å². The predicted octanol–water partition coefficient (Wildman–Crippen LogP) is -0.561. The minimum absolute atomic E-state index is 0.147. The monoisotopic (exact) mass is 694 g/mol. The summed E-state index contributed by atoms with van der Waals surface area (Å²) in [6.45, 7) is 0. The normalized spacial score (nSPS) is 15.4. The summed E-state index contributed by atoms with van der Waals surface area (Å²) in [5.74, 6) is 1.10. The van der Waals surface area contributed by atoms with Gasteiger partial charge < -0.3 is 0 Å². The van der Waals surface area contributed by atoms with Crippen molar-refractivity contribution in [1.82, 2.24) is 9.55 Å². The summed E-state index contributed by atoms with van der Waals surface area (Å²) in [4.78, 5) is 5.20. The van der Waals surface area contributed by atoms with E-state index in [9.17, 15) is 0 Å². The molecule has 10 rings (SSSR count). The molecule has 2 aliphatic rings. The van der Waals surface area contributed by atoms with Crippen molar-refractivity contribution in [2.45, 2.75) is 0 Å². The van der Waals surface area contributed by atoms with E-state index in [-0.39, 0.29) is 5.92 Å². The first kappa shape index (κ1) is 33.7. The quantitative estimate of drug-likeness (QED) is 0.179. The maximum absolute atomic E-state index is 5.20. The Labute approximate surface area is 328 Å². The predicted molar refractivity (Wildman–Crippen MR) is 255 cm³/mol. The first-order valence-electron chi connectivity index (χ1n) is 19.5. The molecule has 2 nitrogen and oxygen atoms in total. The van der Waals surface area contributed by atoms with Gasteiger partial charge in [-0.1, -0.05) is 120 Å². The average Bonchev–Trinajstić information content (AvgIpc) is 3.72. The molecule has 2 aliphatic carbocycles. The molecule has 0 saturated heterocycles. The summed E-state index contributed by atoms with van der Waals surface area (Å²) < 4.78 is 2.29. The fourth-order valence-corrected chi connectivity index (χ4v) is 9.79. The molecule has 8 aromatic rings. The zero-order valence-electron chi connectivity index (χ0n) is 32.7. The molecule has 252 valence electrons. The molecule has 0 fully saturated rings. The van der Waals surface area contributed by atoms with Crippen molar-refractivity contribution < 1.29 is 0 Å². The fraction of sp³-hybridized carbons (Fsp3) is 0.0217. The SMILES string of the molecule is BC1=C(B)C2C(=C1B)C(c1ccc(-c3nc4ccccc4n3-c3ccccc3)cc1)=c1c(B)c(B)c(B)c(B)c1=C2c1cc2ccccc2c2ccccc12. The summed E-state index contributed by atoms with van der Waals surface area (Å²) in [5, 5.41) is 8.01. The Bertz CT molecular complexity index is 3160. The van der Waals surface area contributed by atoms with Crippen LogP contribution in [0.15, 0.2) is 155 Å². The van der Waals surface area contributed by atoms with Crippen LogP contribution in [0.4, 0.5) is 0 Å². The van der Waals surface area contributed by atoms with Crippen LogP contribution in [0.25, 0.3) is 60.8 Å². The van der Waals surface area contributed by atoms with Gasteiger partial charge in [0.05, 0.1) is 11.0 Å². The van der Waals surface area contributed by atoms with Gasteiger partial charge in [0.2, 0.25) is 0 Å². The van der Waals surface area contributed by atoms with E-state index in [1.54, 1.807) is 0 Å². The number of rotatable bonds is 4. The van der Waals surface area contributed by atoms with Crippen molar-refractivity contribution in [3.8, 4) is 17.1 Å². The van der Waals surface area contributed by atoms with Crippen LogP contribution < -0.4 is 32.3 Å². The van der Waals surface area contributed by atoms with E-state index in [1.807, 2.05) is 0 Å². The number of aromatic nitrogens is 2. The zero-order valence-corrected chi connectivity index (χ0v) is 32.7. The second kappa shape index (κ2) is 12.6. The van der Waals surface area contributed by atoms with Gasteiger partial charge >= 0.3 is 0 Å². The molecule has 1 unspecified atom stereocenters. The van der Waals surface area contributed by atoms with Crippen LogP contribution in [0, 0.1) is 5.92 Å². The standard InChI is InChI=1S/C46H37B7N2/c47-39-35-33(23-18-20-24(21-19-23)46-54-31-16-8-9-17-32(31)55(46)26-11-2-1-3-12-26)36-38(42(50)45(53)44(52)40(36)48)34(37(35)41(49)43(39)51)30-22-25-10-4-5-13-27(25)28-14-6-7-15-29(28)30/h1-22,37H,47-53H2. The number of allylic oxidation sites excluding steroid dienone is 4. The highest BCUT2D eigenvalue weighted by Gasteiger charge is 2.37. The van der Waals surface area contributed by atoms with Crippen LogP contribution in [0.2, 0.25) is 0 Å². The van der Waals surface area contributed by atoms with Crippen LogP contribution >= 0.6 is 0 Å². The molecule has 1 atom stereocenters. The lowest BCUT2D eigenvalue weighted by atomic mass is 9.60. The smallest absolute Gasteiger partial charge is 0.145 e. The average molecular weight is 694 g/mol. The van der Waals surface area contributed by atoms with Crippen molar-refractivity contribution in [2.24, 2.45) is 5.92 Å². The lowest BCUT2D eigenvalue weighted by molar-refractivity contribution is 1.01. The van der Waals surface area contributed by atoms with E-state index in [4.69, 9.17) is 4.98 Å². The summed E-state index contributed by atoms with van der Waals surface area (Å²) in [6, 6.07) is 48.7. The molecule has 1 aromatic heterocycles. The van der Waals surface area contributed by atoms with E-state index in [1.165, 1.54) is 98.1 Å². The van der Waals surface area contributed by atoms with Crippen LogP contribution in [0.5, 0.6) is 0 Å². The highest BCUT2D eigenvalue weighted by Crippen LogP contribution is 2.48. The molecule has 0 N–H and O–H groups in total. The largest absolute Gasteiger partial charge is 0.292 e. The summed E-state index contributed by atoms with van der Waals surface area (Å²) >= 11 is 0. The fourth-order valence-electron chi connectivity index (χ4n) is 9.79. The van der Waals surface area contributed by atoms with Crippen LogP contribution in [-0.2, 0) is 0 Å². The molecule has 0 amide bonds. The molecule has 0 radical (unpaired) electrons. The van der Waals surface area contributed by atoms with Crippen molar-refractivity contribution >= 4 is 120 Å². The second-order valence-electron chi connectivity index (χ2n) is 15.7. The maximum atomic E-state index is 5.20. The van der Waals surface area contributed by atoms with Crippen LogP contribution in [0.3, 0.4) is 0 Å². The molecule has 7 aromatic carbocycles. The van der Waals surface area contributed by atoms with E-state index < -0.39 is 0 Å². The summed E-state index contributed by atoms with van der Waals surface area (Å²) in [6.07, 6.45) is 0. The summed E-state index contributed by atoms with van der Waals surface area (Å²) in [5.41, 5.74) is 20.9. The number of hydrogen-bond acceptors (Lipinski definition) is 1. The molecular formula is C46H37B7N2. The van der Waals surface area contributed by atoms with Crippen molar-refractivity contribution in [3.63, 3.8) is 0 Å². The third-order valence-corrected chi connectivity index (χ3v) is 13.1. The summed E-state index contributed by atoms with van der Waals surface area (Å²) in [7, 11) is 16.4. The third kappa shape index (κ3) is 4.88. The Morgan fingerprint density at radius 2 is 1.09 bits per heavy atom. The van der Waals surface area contributed by atoms with Gasteiger partial charge in [0, 0.05) is 17.2 Å². The lowest BCUT2D eigenvalue weighted by Gasteiger charge is -2.33. The second-order valence-corrected chi connectivity index (χ2v) is 15.7. The molecule has 0 bridgehead atoms. The first-order valence-corrected chi connectivity index (χ1v) is 19.5. The minimum atomic E-state index is 0.147. The van der Waals surface area contributed by atoms with Crippen LogP contribution in [0.1, 0.15) is 11.1 Å². The van der Waals surface area contributed by atoms with Crippen LogP contribution in [-0.4, -0.2) is 64.5 Å². The van der Waals surface area contributed by atoms with E-state index in [2.05, 4.69) is 193 Å². The Balaban J connectivity index is 1.31. The molecule has 0 aliphatic heterocycles.